The molecule has 0 spiro atoms. The van der Waals surface area contributed by atoms with E-state index in [9.17, 15) is 26.4 Å². The summed E-state index contributed by atoms with van der Waals surface area (Å²) in [6.07, 6.45) is -0.626. The van der Waals surface area contributed by atoms with Crippen molar-refractivity contribution in [2.24, 2.45) is 0 Å². The summed E-state index contributed by atoms with van der Waals surface area (Å²) in [5.41, 5.74) is -0.372. The number of hydrogen-bond acceptors (Lipinski definition) is 6. The molecule has 3 heterocycles. The zero-order valence-electron chi connectivity index (χ0n) is 19.1. The van der Waals surface area contributed by atoms with Crippen molar-refractivity contribution in [3.8, 4) is 16.9 Å². The Balaban J connectivity index is 1.59. The van der Waals surface area contributed by atoms with Crippen LogP contribution in [0.2, 0.25) is 0 Å². The van der Waals surface area contributed by atoms with Crippen LogP contribution in [0.4, 0.5) is 19.0 Å². The molecule has 0 unspecified atom stereocenters. The van der Waals surface area contributed by atoms with Gasteiger partial charge in [-0.2, -0.15) is 18.3 Å². The second kappa shape index (κ2) is 9.53. The number of benzene rings is 1. The van der Waals surface area contributed by atoms with Crippen molar-refractivity contribution in [2.75, 3.05) is 5.32 Å². The van der Waals surface area contributed by atoms with Crippen LogP contribution in [0.3, 0.4) is 0 Å². The third-order valence-corrected chi connectivity index (χ3v) is 7.39. The summed E-state index contributed by atoms with van der Waals surface area (Å²) in [6.45, 7) is 3.08. The first-order valence-corrected chi connectivity index (χ1v) is 12.2. The minimum atomic E-state index is -4.68. The van der Waals surface area contributed by atoms with E-state index in [1.807, 2.05) is 0 Å². The Morgan fingerprint density at radius 1 is 1.03 bits per heavy atom. The second-order valence-electron chi connectivity index (χ2n) is 8.04. The van der Waals surface area contributed by atoms with Crippen LogP contribution in [0.5, 0.6) is 0 Å². The minimum absolute atomic E-state index is 0.0104. The fourth-order valence-corrected chi connectivity index (χ4v) is 4.40. The Hall–Kier alpha value is -4.06. The first kappa shape index (κ1) is 25.0. The smallest absolute Gasteiger partial charge is 0.307 e. The van der Waals surface area contributed by atoms with Gasteiger partial charge in [0.05, 0.1) is 27.7 Å². The van der Waals surface area contributed by atoms with Crippen LogP contribution in [0, 0.1) is 0 Å². The zero-order chi connectivity index (χ0) is 26.1. The van der Waals surface area contributed by atoms with E-state index in [1.54, 1.807) is 12.1 Å². The van der Waals surface area contributed by atoms with Crippen molar-refractivity contribution in [2.45, 2.75) is 30.2 Å². The quantitative estimate of drug-likeness (QED) is 0.396. The molecule has 8 nitrogen and oxygen atoms in total. The molecule has 4 rings (SSSR count). The molecule has 12 heteroatoms. The number of aromatic nitrogens is 4. The molecular formula is C24H20F3N5O3S. The maximum atomic E-state index is 13.7. The fraction of sp³-hybridized carbons (Fsp3) is 0.167. The topological polar surface area (TPSA) is 107 Å². The lowest BCUT2D eigenvalue weighted by molar-refractivity contribution is -0.142. The second-order valence-corrected chi connectivity index (χ2v) is 10.5. The summed E-state index contributed by atoms with van der Waals surface area (Å²) in [5.74, 6) is -0.556. The Bertz CT molecular complexity index is 1500. The molecule has 1 amide bonds. The number of sulfone groups is 1. The van der Waals surface area contributed by atoms with Gasteiger partial charge in [0.1, 0.15) is 11.5 Å². The average Bonchev–Trinajstić information content (AvgIpc) is 3.31. The van der Waals surface area contributed by atoms with Gasteiger partial charge in [0.25, 0.3) is 5.91 Å². The normalized spacial score (nSPS) is 12.1. The van der Waals surface area contributed by atoms with E-state index in [0.717, 1.165) is 16.9 Å². The number of alkyl halides is 3. The van der Waals surface area contributed by atoms with Crippen molar-refractivity contribution < 1.29 is 26.4 Å². The number of rotatable bonds is 6. The van der Waals surface area contributed by atoms with Crippen LogP contribution in [-0.2, 0) is 16.0 Å². The lowest BCUT2D eigenvalue weighted by atomic mass is 10.2. The third-order valence-electron chi connectivity index (χ3n) is 5.24. The lowest BCUT2D eigenvalue weighted by Gasteiger charge is -2.11. The van der Waals surface area contributed by atoms with Gasteiger partial charge in [-0.25, -0.2) is 18.1 Å². The van der Waals surface area contributed by atoms with Gasteiger partial charge in [-0.3, -0.25) is 9.78 Å². The van der Waals surface area contributed by atoms with Gasteiger partial charge >= 0.3 is 6.18 Å². The molecule has 0 radical (unpaired) electrons. The minimum Gasteiger partial charge on any atom is -0.307 e. The number of carbonyl (C=O) groups is 1. The van der Waals surface area contributed by atoms with Gasteiger partial charge in [-0.1, -0.05) is 6.07 Å². The fourth-order valence-electron chi connectivity index (χ4n) is 3.30. The summed E-state index contributed by atoms with van der Waals surface area (Å²) < 4.78 is 66.5. The molecule has 0 aliphatic heterocycles. The highest BCUT2D eigenvalue weighted by atomic mass is 32.2. The van der Waals surface area contributed by atoms with Crippen LogP contribution in [-0.4, -0.2) is 39.3 Å². The highest BCUT2D eigenvalue weighted by Gasteiger charge is 2.36. The van der Waals surface area contributed by atoms with Crippen molar-refractivity contribution in [3.05, 3.63) is 84.4 Å². The molecule has 0 aliphatic rings. The molecule has 0 aliphatic carbocycles. The van der Waals surface area contributed by atoms with Crippen LogP contribution < -0.4 is 5.32 Å². The number of pyridine rings is 2. The standard InChI is InChI=1S/C24H20F3N5O3S/c1-15(2)36(34,35)19-7-3-5-16(11-19)23(33)30-22-9-8-18(14-29-22)32-21(24(25,26)27)12-20(31-32)17-6-4-10-28-13-17/h3-15H,1-2H3,(H,29,30,33). The van der Waals surface area contributed by atoms with Crippen LogP contribution in [0.25, 0.3) is 16.9 Å². The Morgan fingerprint density at radius 2 is 1.81 bits per heavy atom. The summed E-state index contributed by atoms with van der Waals surface area (Å²) >= 11 is 0. The van der Waals surface area contributed by atoms with Gasteiger partial charge in [-0.15, -0.1) is 0 Å². The van der Waals surface area contributed by atoms with E-state index in [2.05, 4.69) is 20.4 Å². The van der Waals surface area contributed by atoms with E-state index in [0.29, 0.717) is 5.56 Å². The Morgan fingerprint density at radius 3 is 2.42 bits per heavy atom. The molecule has 1 N–H and O–H groups in total. The molecule has 186 valence electrons. The molecule has 0 fully saturated rings. The largest absolute Gasteiger partial charge is 0.433 e. The maximum Gasteiger partial charge on any atom is 0.433 e. The van der Waals surface area contributed by atoms with E-state index in [-0.39, 0.29) is 27.7 Å². The zero-order valence-corrected chi connectivity index (χ0v) is 19.9. The van der Waals surface area contributed by atoms with E-state index in [4.69, 9.17) is 0 Å². The van der Waals surface area contributed by atoms with Crippen molar-refractivity contribution in [3.63, 3.8) is 0 Å². The van der Waals surface area contributed by atoms with Crippen LogP contribution in [0.15, 0.2) is 78.1 Å². The number of amides is 1. The molecular weight excluding hydrogens is 495 g/mol. The predicted molar refractivity (Wildman–Crippen MR) is 126 cm³/mol. The monoisotopic (exact) mass is 515 g/mol. The molecule has 36 heavy (non-hydrogen) atoms. The number of nitrogens with zero attached hydrogens (tertiary/aromatic N) is 4. The van der Waals surface area contributed by atoms with Crippen molar-refractivity contribution in [1.82, 2.24) is 19.7 Å². The van der Waals surface area contributed by atoms with Crippen LogP contribution in [0.1, 0.15) is 29.9 Å². The number of anilines is 1. The predicted octanol–water partition coefficient (Wildman–Crippen LogP) is 4.78. The first-order valence-electron chi connectivity index (χ1n) is 10.7. The SMILES string of the molecule is CC(C)S(=O)(=O)c1cccc(C(=O)Nc2ccc(-n3nc(-c4cccnc4)cc3C(F)(F)F)cn2)c1. The van der Waals surface area contributed by atoms with Gasteiger partial charge in [0.15, 0.2) is 9.84 Å². The number of carbonyl (C=O) groups excluding carboxylic acids is 1. The van der Waals surface area contributed by atoms with E-state index >= 15 is 0 Å². The summed E-state index contributed by atoms with van der Waals surface area (Å²) in [4.78, 5) is 20.6. The maximum absolute atomic E-state index is 13.7. The van der Waals surface area contributed by atoms with Gasteiger partial charge in [0.2, 0.25) is 0 Å². The molecule has 0 saturated carbocycles. The average molecular weight is 516 g/mol. The molecule has 4 aromatic rings. The highest BCUT2D eigenvalue weighted by molar-refractivity contribution is 7.92. The molecule has 0 bridgehead atoms. The van der Waals surface area contributed by atoms with Gasteiger partial charge in [-0.05, 0) is 62.4 Å². The lowest BCUT2D eigenvalue weighted by Crippen LogP contribution is -2.17. The summed E-state index contributed by atoms with van der Waals surface area (Å²) in [6, 6.07) is 12.3. The van der Waals surface area contributed by atoms with Gasteiger partial charge < -0.3 is 5.32 Å². The van der Waals surface area contributed by atoms with Crippen molar-refractivity contribution in [1.29, 1.82) is 0 Å². The first-order chi connectivity index (χ1) is 17.0. The van der Waals surface area contributed by atoms with E-state index in [1.165, 1.54) is 62.6 Å². The highest BCUT2D eigenvalue weighted by Crippen LogP contribution is 2.34. The van der Waals surface area contributed by atoms with Gasteiger partial charge in [0, 0.05) is 23.5 Å². The van der Waals surface area contributed by atoms with E-state index < -0.39 is 32.9 Å². The Kier molecular flexibility index (Phi) is 6.63. The van der Waals surface area contributed by atoms with Crippen LogP contribution >= 0.6 is 0 Å². The van der Waals surface area contributed by atoms with Crippen molar-refractivity contribution >= 4 is 21.6 Å². The number of hydrogen-bond donors (Lipinski definition) is 1. The molecule has 1 aromatic carbocycles. The number of halogens is 3. The third kappa shape index (κ3) is 5.13. The molecule has 0 saturated heterocycles. The molecule has 0 atom stereocenters. The Labute approximate surface area is 204 Å². The number of nitrogens with one attached hydrogen (secondary N) is 1. The molecule has 3 aromatic heterocycles. The summed E-state index contributed by atoms with van der Waals surface area (Å²) in [5, 5.41) is 5.93. The summed E-state index contributed by atoms with van der Waals surface area (Å²) in [7, 11) is -3.58.